The fourth-order valence-corrected chi connectivity index (χ4v) is 1.26. The predicted octanol–water partition coefficient (Wildman–Crippen LogP) is 1.61. The van der Waals surface area contributed by atoms with E-state index in [9.17, 15) is 0 Å². The Morgan fingerprint density at radius 3 is 2.38 bits per heavy atom. The Morgan fingerprint density at radius 2 is 1.85 bits per heavy atom. The molecular formula is C10H17N3. The SMILES string of the molecule is CN=CC1=C(C(C)(C)C)NC=CN1. The molecule has 0 atom stereocenters. The average Bonchev–Trinajstić information content (AvgIpc) is 2.04. The van der Waals surface area contributed by atoms with Crippen LogP contribution in [0.1, 0.15) is 20.8 Å². The molecule has 3 heteroatoms. The van der Waals surface area contributed by atoms with E-state index < -0.39 is 0 Å². The van der Waals surface area contributed by atoms with Gasteiger partial charge in [0.2, 0.25) is 0 Å². The molecule has 0 amide bonds. The third-order valence-corrected chi connectivity index (χ3v) is 1.83. The lowest BCUT2D eigenvalue weighted by Gasteiger charge is -2.27. The second-order valence-electron chi connectivity index (χ2n) is 4.05. The van der Waals surface area contributed by atoms with Crippen molar-refractivity contribution in [2.24, 2.45) is 10.4 Å². The first kappa shape index (κ1) is 9.84. The zero-order valence-electron chi connectivity index (χ0n) is 8.68. The van der Waals surface area contributed by atoms with Crippen LogP contribution in [0.3, 0.4) is 0 Å². The molecule has 1 rings (SSSR count). The van der Waals surface area contributed by atoms with Crippen LogP contribution in [0.5, 0.6) is 0 Å². The van der Waals surface area contributed by atoms with Crippen LogP contribution in [0.4, 0.5) is 0 Å². The van der Waals surface area contributed by atoms with Gasteiger partial charge in [-0.1, -0.05) is 20.8 Å². The van der Waals surface area contributed by atoms with Crippen LogP contribution in [0.15, 0.2) is 28.8 Å². The van der Waals surface area contributed by atoms with E-state index in [0.29, 0.717) is 0 Å². The lowest BCUT2D eigenvalue weighted by molar-refractivity contribution is 0.469. The maximum Gasteiger partial charge on any atom is 0.0763 e. The van der Waals surface area contributed by atoms with Gasteiger partial charge in [-0.2, -0.15) is 0 Å². The van der Waals surface area contributed by atoms with E-state index in [2.05, 4.69) is 36.4 Å². The molecule has 0 aliphatic carbocycles. The summed E-state index contributed by atoms with van der Waals surface area (Å²) in [5.41, 5.74) is 2.31. The summed E-state index contributed by atoms with van der Waals surface area (Å²) in [4.78, 5) is 4.00. The molecule has 2 N–H and O–H groups in total. The third-order valence-electron chi connectivity index (χ3n) is 1.83. The molecule has 0 aromatic rings. The molecule has 0 aromatic heterocycles. The monoisotopic (exact) mass is 179 g/mol. The number of hydrogen-bond donors (Lipinski definition) is 2. The number of allylic oxidation sites excluding steroid dienone is 2. The van der Waals surface area contributed by atoms with Gasteiger partial charge in [-0.15, -0.1) is 0 Å². The molecule has 1 heterocycles. The molecule has 13 heavy (non-hydrogen) atoms. The predicted molar refractivity (Wildman–Crippen MR) is 56.3 cm³/mol. The van der Waals surface area contributed by atoms with Gasteiger partial charge in [0.25, 0.3) is 0 Å². The first-order valence-electron chi connectivity index (χ1n) is 4.40. The van der Waals surface area contributed by atoms with E-state index in [1.807, 2.05) is 18.6 Å². The van der Waals surface area contributed by atoms with E-state index in [4.69, 9.17) is 0 Å². The molecule has 0 fully saturated rings. The van der Waals surface area contributed by atoms with Crippen molar-refractivity contribution in [1.82, 2.24) is 10.6 Å². The topological polar surface area (TPSA) is 36.4 Å². The summed E-state index contributed by atoms with van der Waals surface area (Å²) in [5, 5.41) is 6.40. The summed E-state index contributed by atoms with van der Waals surface area (Å²) >= 11 is 0. The molecule has 0 aromatic carbocycles. The number of nitrogens with zero attached hydrogens (tertiary/aromatic N) is 1. The molecule has 72 valence electrons. The Bertz CT molecular complexity index is 266. The van der Waals surface area contributed by atoms with E-state index >= 15 is 0 Å². The molecule has 0 bridgehead atoms. The first-order valence-corrected chi connectivity index (χ1v) is 4.40. The number of aliphatic imine (C=N–C) groups is 1. The van der Waals surface area contributed by atoms with Crippen LogP contribution < -0.4 is 10.6 Å². The van der Waals surface area contributed by atoms with Crippen LogP contribution in [-0.2, 0) is 0 Å². The minimum atomic E-state index is 0.105. The van der Waals surface area contributed by atoms with Crippen molar-refractivity contribution < 1.29 is 0 Å². The normalized spacial score (nSPS) is 17.5. The quantitative estimate of drug-likeness (QED) is 0.600. The van der Waals surface area contributed by atoms with Gasteiger partial charge >= 0.3 is 0 Å². The van der Waals surface area contributed by atoms with Crippen molar-refractivity contribution in [2.75, 3.05) is 7.05 Å². The zero-order valence-corrected chi connectivity index (χ0v) is 8.68. The second-order valence-corrected chi connectivity index (χ2v) is 4.05. The van der Waals surface area contributed by atoms with E-state index in [1.54, 1.807) is 7.05 Å². The number of hydrogen-bond acceptors (Lipinski definition) is 3. The summed E-state index contributed by atoms with van der Waals surface area (Å²) in [6.45, 7) is 6.50. The Labute approximate surface area is 79.6 Å². The summed E-state index contributed by atoms with van der Waals surface area (Å²) in [6, 6.07) is 0. The van der Waals surface area contributed by atoms with Gasteiger partial charge in [0, 0.05) is 36.8 Å². The van der Waals surface area contributed by atoms with Gasteiger partial charge in [0.1, 0.15) is 0 Å². The highest BCUT2D eigenvalue weighted by molar-refractivity contribution is 5.79. The lowest BCUT2D eigenvalue weighted by Crippen LogP contribution is -2.30. The minimum absolute atomic E-state index is 0.105. The van der Waals surface area contributed by atoms with Gasteiger partial charge < -0.3 is 10.6 Å². The molecule has 0 saturated carbocycles. The van der Waals surface area contributed by atoms with Crippen molar-refractivity contribution in [1.29, 1.82) is 0 Å². The maximum absolute atomic E-state index is 4.00. The van der Waals surface area contributed by atoms with Gasteiger partial charge in [-0.3, -0.25) is 4.99 Å². The number of rotatable bonds is 1. The van der Waals surface area contributed by atoms with Crippen LogP contribution in [-0.4, -0.2) is 13.3 Å². The molecule has 1 aliphatic heterocycles. The molecule has 3 nitrogen and oxygen atoms in total. The summed E-state index contributed by atoms with van der Waals surface area (Å²) in [5.74, 6) is 0. The summed E-state index contributed by atoms with van der Waals surface area (Å²) in [6.07, 6.45) is 5.59. The molecule has 0 saturated heterocycles. The highest BCUT2D eigenvalue weighted by Crippen LogP contribution is 2.25. The van der Waals surface area contributed by atoms with Crippen LogP contribution in [0.2, 0.25) is 0 Å². The third kappa shape index (κ3) is 2.34. The molecule has 0 unspecified atom stereocenters. The van der Waals surface area contributed by atoms with E-state index in [0.717, 1.165) is 5.70 Å². The van der Waals surface area contributed by atoms with Crippen molar-refractivity contribution in [2.45, 2.75) is 20.8 Å². The van der Waals surface area contributed by atoms with Gasteiger partial charge in [-0.25, -0.2) is 0 Å². The molecular weight excluding hydrogens is 162 g/mol. The fourth-order valence-electron chi connectivity index (χ4n) is 1.26. The largest absolute Gasteiger partial charge is 0.362 e. The van der Waals surface area contributed by atoms with Crippen molar-refractivity contribution in [3.63, 3.8) is 0 Å². The first-order chi connectivity index (χ1) is 6.05. The van der Waals surface area contributed by atoms with E-state index in [-0.39, 0.29) is 5.41 Å². The van der Waals surface area contributed by atoms with Crippen molar-refractivity contribution in [3.05, 3.63) is 23.8 Å². The Hall–Kier alpha value is -1.25. The molecule has 1 aliphatic rings. The van der Waals surface area contributed by atoms with Crippen molar-refractivity contribution >= 4 is 6.21 Å². The minimum Gasteiger partial charge on any atom is -0.362 e. The van der Waals surface area contributed by atoms with Gasteiger partial charge in [0.05, 0.1) is 5.70 Å². The van der Waals surface area contributed by atoms with Crippen LogP contribution >= 0.6 is 0 Å². The van der Waals surface area contributed by atoms with Crippen molar-refractivity contribution in [3.8, 4) is 0 Å². The average molecular weight is 179 g/mol. The van der Waals surface area contributed by atoms with E-state index in [1.165, 1.54) is 5.70 Å². The smallest absolute Gasteiger partial charge is 0.0763 e. The zero-order chi connectivity index (χ0) is 9.90. The molecule has 0 radical (unpaired) electrons. The maximum atomic E-state index is 4.00. The fraction of sp³-hybridized carbons (Fsp3) is 0.500. The standard InChI is InChI=1S/C10H17N3/c1-10(2,3)9-8(7-11-4)12-5-6-13-9/h5-7,12-13H,1-4H3. The number of nitrogens with one attached hydrogen (secondary N) is 2. The molecule has 0 spiro atoms. The highest BCUT2D eigenvalue weighted by atomic mass is 15.0. The Morgan fingerprint density at radius 1 is 1.23 bits per heavy atom. The highest BCUT2D eigenvalue weighted by Gasteiger charge is 2.21. The Balaban J connectivity index is 2.98. The van der Waals surface area contributed by atoms with Crippen LogP contribution in [0.25, 0.3) is 0 Å². The Kier molecular flexibility index (Phi) is 2.76. The van der Waals surface area contributed by atoms with Crippen LogP contribution in [0, 0.1) is 5.41 Å². The summed E-state index contributed by atoms with van der Waals surface area (Å²) < 4.78 is 0. The van der Waals surface area contributed by atoms with Gasteiger partial charge in [-0.05, 0) is 0 Å². The second kappa shape index (κ2) is 3.64. The van der Waals surface area contributed by atoms with Gasteiger partial charge in [0.15, 0.2) is 0 Å². The lowest BCUT2D eigenvalue weighted by atomic mass is 9.90. The summed E-state index contributed by atoms with van der Waals surface area (Å²) in [7, 11) is 1.77.